The molecular weight excluding hydrogens is 665 g/mol. The molecule has 1 aromatic heterocycles. The monoisotopic (exact) mass is 699 g/mol. The number of carboxylic acid groups (broad SMARTS) is 1. The van der Waals surface area contributed by atoms with E-state index in [1.807, 2.05) is 36.4 Å². The van der Waals surface area contributed by atoms with Crippen molar-refractivity contribution in [1.29, 1.82) is 5.26 Å². The predicted octanol–water partition coefficient (Wildman–Crippen LogP) is 8.08. The van der Waals surface area contributed by atoms with Gasteiger partial charge in [0.2, 0.25) is 0 Å². The molecule has 0 bridgehead atoms. The summed E-state index contributed by atoms with van der Waals surface area (Å²) < 4.78 is 18.0. The number of ether oxygens (including phenoxy) is 3. The van der Waals surface area contributed by atoms with E-state index in [1.54, 1.807) is 24.4 Å². The van der Waals surface area contributed by atoms with Gasteiger partial charge in [0.15, 0.2) is 0 Å². The fourth-order valence-electron chi connectivity index (χ4n) is 4.06. The second-order valence-corrected chi connectivity index (χ2v) is 11.5. The second kappa shape index (κ2) is 18.9. The molecule has 4 N–H and O–H groups in total. The third-order valence-electron chi connectivity index (χ3n) is 6.82. The first-order valence-corrected chi connectivity index (χ1v) is 15.9. The van der Waals surface area contributed by atoms with Gasteiger partial charge in [-0.1, -0.05) is 78.5 Å². The third-order valence-corrected chi connectivity index (χ3v) is 7.95. The Morgan fingerprint density at radius 2 is 1.64 bits per heavy atom. The van der Waals surface area contributed by atoms with Gasteiger partial charge in [0.05, 0.1) is 39.8 Å². The van der Waals surface area contributed by atoms with Crippen molar-refractivity contribution >= 4 is 40.8 Å². The molecule has 248 valence electrons. The summed E-state index contributed by atoms with van der Waals surface area (Å²) in [6.07, 6.45) is 5.12. The molecule has 4 rings (SSSR count). The van der Waals surface area contributed by atoms with E-state index in [4.69, 9.17) is 70.2 Å². The second-order valence-electron chi connectivity index (χ2n) is 10.4. The smallest absolute Gasteiger partial charge is 0.308 e. The van der Waals surface area contributed by atoms with E-state index < -0.39 is 11.9 Å². The Labute approximate surface area is 289 Å². The minimum absolute atomic E-state index is 0.159. The van der Waals surface area contributed by atoms with E-state index in [0.29, 0.717) is 44.5 Å². The lowest BCUT2D eigenvalue weighted by Crippen LogP contribution is -2.12. The number of benzene rings is 3. The lowest BCUT2D eigenvalue weighted by atomic mass is 10.0. The number of aromatic nitrogens is 1. The highest BCUT2D eigenvalue weighted by atomic mass is 35.5. The Bertz CT molecular complexity index is 1700. The van der Waals surface area contributed by atoms with Crippen LogP contribution in [0, 0.1) is 17.2 Å². The standard InChI is InChI=1S/C31H28Cl3N3O3.C4H8O3/c1-2-3-10-38-27-9-5-8-25(31(27)34)24-7-4-6-22(30(24)33)19-40-29-13-28(23(15-36)12-26(29)32)39-18-21-11-20(14-35)16-37-17-21;1-3(2-5)4(6)7/h4-9,11-13,16-17H,2-3,10,15,18-19,36H2,1H3;3,5H,2H2,1H3,(H,6,7). The highest BCUT2D eigenvalue weighted by Gasteiger charge is 2.16. The summed E-state index contributed by atoms with van der Waals surface area (Å²) in [7, 11) is 0. The maximum Gasteiger partial charge on any atom is 0.308 e. The average Bonchev–Trinajstić information content (AvgIpc) is 3.08. The maximum absolute atomic E-state index is 9.77. The molecule has 0 saturated carbocycles. The van der Waals surface area contributed by atoms with Crippen molar-refractivity contribution in [2.24, 2.45) is 11.7 Å². The average molecular weight is 701 g/mol. The number of carbonyl (C=O) groups is 1. The van der Waals surface area contributed by atoms with Crippen molar-refractivity contribution in [3.63, 3.8) is 0 Å². The Kier molecular flexibility index (Phi) is 15.1. The number of aliphatic hydroxyl groups is 1. The minimum atomic E-state index is -0.956. The van der Waals surface area contributed by atoms with E-state index in [9.17, 15) is 4.79 Å². The SMILES string of the molecule is CC(CO)C(=O)O.CCCCOc1cccc(-c2cccc(COc3cc(OCc4cncc(C#N)c4)c(CN)cc3Cl)c2Cl)c1Cl. The maximum atomic E-state index is 9.77. The van der Waals surface area contributed by atoms with Crippen LogP contribution in [0.2, 0.25) is 15.1 Å². The van der Waals surface area contributed by atoms with Gasteiger partial charge in [-0.15, -0.1) is 0 Å². The number of carboxylic acids is 1. The van der Waals surface area contributed by atoms with Crippen LogP contribution in [0.1, 0.15) is 48.9 Å². The van der Waals surface area contributed by atoms with Crippen molar-refractivity contribution in [3.05, 3.63) is 104 Å². The van der Waals surface area contributed by atoms with E-state index in [2.05, 4.69) is 18.0 Å². The molecule has 0 saturated heterocycles. The Morgan fingerprint density at radius 1 is 0.936 bits per heavy atom. The summed E-state index contributed by atoms with van der Waals surface area (Å²) in [6.45, 7) is 4.45. The number of halogens is 3. The van der Waals surface area contributed by atoms with Crippen LogP contribution in [-0.4, -0.2) is 34.4 Å². The van der Waals surface area contributed by atoms with Gasteiger partial charge < -0.3 is 30.2 Å². The first-order chi connectivity index (χ1) is 22.6. The Morgan fingerprint density at radius 3 is 2.28 bits per heavy atom. The van der Waals surface area contributed by atoms with E-state index >= 15 is 0 Å². The first-order valence-electron chi connectivity index (χ1n) is 14.8. The van der Waals surface area contributed by atoms with Crippen LogP contribution >= 0.6 is 34.8 Å². The zero-order valence-corrected chi connectivity index (χ0v) is 28.3. The van der Waals surface area contributed by atoms with Crippen molar-refractivity contribution in [3.8, 4) is 34.4 Å². The molecule has 4 aromatic rings. The Balaban J connectivity index is 0.000000771. The van der Waals surface area contributed by atoms with Crippen LogP contribution in [0.4, 0.5) is 0 Å². The molecular formula is C35H36Cl3N3O6. The number of hydrogen-bond acceptors (Lipinski definition) is 8. The number of aliphatic hydroxyl groups excluding tert-OH is 1. The summed E-state index contributed by atoms with van der Waals surface area (Å²) in [5, 5.41) is 26.7. The number of nitriles is 1. The van der Waals surface area contributed by atoms with Crippen LogP contribution in [0.3, 0.4) is 0 Å². The fraction of sp³-hybridized carbons (Fsp3) is 0.286. The number of pyridine rings is 1. The predicted molar refractivity (Wildman–Crippen MR) is 183 cm³/mol. The molecule has 0 aliphatic heterocycles. The van der Waals surface area contributed by atoms with Crippen LogP contribution in [0.25, 0.3) is 11.1 Å². The van der Waals surface area contributed by atoms with Gasteiger partial charge >= 0.3 is 5.97 Å². The molecule has 1 heterocycles. The topological polar surface area (TPSA) is 148 Å². The molecule has 0 radical (unpaired) electrons. The zero-order valence-electron chi connectivity index (χ0n) is 26.0. The lowest BCUT2D eigenvalue weighted by molar-refractivity contribution is -0.142. The third kappa shape index (κ3) is 10.7. The van der Waals surface area contributed by atoms with Gasteiger partial charge in [0, 0.05) is 52.8 Å². The molecule has 0 spiro atoms. The summed E-state index contributed by atoms with van der Waals surface area (Å²) in [5.74, 6) is -0.0124. The Hall–Kier alpha value is -4.04. The zero-order chi connectivity index (χ0) is 34.3. The number of rotatable bonds is 14. The van der Waals surface area contributed by atoms with Crippen LogP contribution in [0.5, 0.6) is 17.2 Å². The van der Waals surface area contributed by atoms with Crippen molar-refractivity contribution < 1.29 is 29.2 Å². The minimum Gasteiger partial charge on any atom is -0.492 e. The van der Waals surface area contributed by atoms with Crippen LogP contribution < -0.4 is 19.9 Å². The summed E-state index contributed by atoms with van der Waals surface area (Å²) in [6, 6.07) is 18.6. The number of hydrogen-bond donors (Lipinski definition) is 3. The number of nitrogens with zero attached hydrogens (tertiary/aromatic N) is 2. The summed E-state index contributed by atoms with van der Waals surface area (Å²) in [5.41, 5.74) is 10.2. The molecule has 12 heteroatoms. The molecule has 1 unspecified atom stereocenters. The van der Waals surface area contributed by atoms with Crippen molar-refractivity contribution in [2.75, 3.05) is 13.2 Å². The molecule has 47 heavy (non-hydrogen) atoms. The summed E-state index contributed by atoms with van der Waals surface area (Å²) in [4.78, 5) is 13.8. The molecule has 1 atom stereocenters. The van der Waals surface area contributed by atoms with E-state index in [0.717, 1.165) is 40.7 Å². The van der Waals surface area contributed by atoms with Gasteiger partial charge in [0.1, 0.15) is 36.5 Å². The normalized spacial score (nSPS) is 11.1. The molecule has 0 aliphatic rings. The van der Waals surface area contributed by atoms with E-state index in [1.165, 1.54) is 13.1 Å². The van der Waals surface area contributed by atoms with Crippen LogP contribution in [0.15, 0.2) is 67.0 Å². The number of nitrogens with two attached hydrogens (primary N) is 1. The highest BCUT2D eigenvalue weighted by molar-refractivity contribution is 6.37. The lowest BCUT2D eigenvalue weighted by Gasteiger charge is -2.16. The first kappa shape index (κ1) is 37.4. The van der Waals surface area contributed by atoms with Gasteiger partial charge in [-0.3, -0.25) is 9.78 Å². The highest BCUT2D eigenvalue weighted by Crippen LogP contribution is 2.40. The molecule has 9 nitrogen and oxygen atoms in total. The van der Waals surface area contributed by atoms with Gasteiger partial charge in [-0.05, 0) is 31.5 Å². The van der Waals surface area contributed by atoms with Crippen molar-refractivity contribution in [1.82, 2.24) is 4.98 Å². The molecule has 3 aromatic carbocycles. The van der Waals surface area contributed by atoms with E-state index in [-0.39, 0.29) is 26.4 Å². The van der Waals surface area contributed by atoms with Crippen molar-refractivity contribution in [2.45, 2.75) is 46.4 Å². The largest absolute Gasteiger partial charge is 0.492 e. The number of aliphatic carboxylic acids is 1. The summed E-state index contributed by atoms with van der Waals surface area (Å²) >= 11 is 20.1. The molecule has 0 amide bonds. The number of unbranched alkanes of at least 4 members (excludes halogenated alkanes) is 1. The van der Waals surface area contributed by atoms with Gasteiger partial charge in [-0.2, -0.15) is 5.26 Å². The van der Waals surface area contributed by atoms with Gasteiger partial charge in [-0.25, -0.2) is 0 Å². The fourth-order valence-corrected chi connectivity index (χ4v) is 4.86. The quantitative estimate of drug-likeness (QED) is 0.111. The molecule has 0 aliphatic carbocycles. The van der Waals surface area contributed by atoms with Crippen LogP contribution in [-0.2, 0) is 24.6 Å². The molecule has 0 fully saturated rings. The van der Waals surface area contributed by atoms with Gasteiger partial charge in [0.25, 0.3) is 0 Å².